The lowest BCUT2D eigenvalue weighted by Gasteiger charge is -2.26. The Kier molecular flexibility index (Phi) is 13.0. The van der Waals surface area contributed by atoms with E-state index in [2.05, 4.69) is 54.2 Å². The van der Waals surface area contributed by atoms with Crippen molar-refractivity contribution in [2.24, 2.45) is 27.2 Å². The standard InChI is InChI=1S/C27H46N4O/c1-8-10-12-15-22(9-2)18-29-20-31-24(25(28-7)27(4,5)6)21(3)26(32)30-19-23-16-13-11-14-17-23/h2,20,22-23H,8,10-19H2,1,3-7H3,(H,29,31)(H,30,32)/b24-21-,28-25?. The van der Waals surface area contributed by atoms with Crippen molar-refractivity contribution < 1.29 is 4.79 Å². The van der Waals surface area contributed by atoms with Crippen LogP contribution in [0.15, 0.2) is 21.3 Å². The first-order chi connectivity index (χ1) is 15.2. The first-order valence-corrected chi connectivity index (χ1v) is 12.4. The van der Waals surface area contributed by atoms with Gasteiger partial charge in [0, 0.05) is 30.5 Å². The van der Waals surface area contributed by atoms with Crippen LogP contribution in [-0.2, 0) is 4.79 Å². The summed E-state index contributed by atoms with van der Waals surface area (Å²) in [7, 11) is 1.77. The number of carbonyl (C=O) groups excluding carboxylic acids is 1. The average molecular weight is 443 g/mol. The highest BCUT2D eigenvalue weighted by molar-refractivity contribution is 6.10. The van der Waals surface area contributed by atoms with Gasteiger partial charge in [0.05, 0.1) is 24.3 Å². The third-order valence-electron chi connectivity index (χ3n) is 6.18. The first-order valence-electron chi connectivity index (χ1n) is 12.4. The molecule has 1 unspecified atom stereocenters. The zero-order valence-electron chi connectivity index (χ0n) is 21.4. The van der Waals surface area contributed by atoms with Gasteiger partial charge in [-0.15, -0.1) is 12.3 Å². The van der Waals surface area contributed by atoms with Crippen molar-refractivity contribution in [2.45, 2.75) is 92.4 Å². The number of carbonyl (C=O) groups is 1. The Balaban J connectivity index is 2.89. The number of amides is 1. The van der Waals surface area contributed by atoms with Crippen LogP contribution in [0.25, 0.3) is 0 Å². The molecule has 1 atom stereocenters. The second kappa shape index (κ2) is 14.9. The Morgan fingerprint density at radius 2 is 1.91 bits per heavy atom. The third-order valence-corrected chi connectivity index (χ3v) is 6.18. The lowest BCUT2D eigenvalue weighted by atomic mass is 9.86. The molecule has 32 heavy (non-hydrogen) atoms. The lowest BCUT2D eigenvalue weighted by molar-refractivity contribution is -0.117. The Morgan fingerprint density at radius 1 is 1.22 bits per heavy atom. The Morgan fingerprint density at radius 3 is 2.47 bits per heavy atom. The van der Waals surface area contributed by atoms with Crippen molar-refractivity contribution in [1.82, 2.24) is 10.6 Å². The average Bonchev–Trinajstić information content (AvgIpc) is 2.77. The van der Waals surface area contributed by atoms with Crippen LogP contribution in [0.2, 0.25) is 0 Å². The van der Waals surface area contributed by atoms with E-state index in [1.807, 2.05) is 6.92 Å². The number of unbranched alkanes of at least 4 members (excludes halogenated alkanes) is 2. The Bertz CT molecular complexity index is 700. The molecule has 5 heteroatoms. The summed E-state index contributed by atoms with van der Waals surface area (Å²) in [5.74, 6) is 3.55. The van der Waals surface area contributed by atoms with E-state index < -0.39 is 0 Å². The molecular weight excluding hydrogens is 396 g/mol. The molecule has 1 rings (SSSR count). The summed E-state index contributed by atoms with van der Waals surface area (Å²) in [5.41, 5.74) is 2.01. The van der Waals surface area contributed by atoms with Gasteiger partial charge in [-0.3, -0.25) is 14.8 Å². The minimum atomic E-state index is -0.211. The van der Waals surface area contributed by atoms with Gasteiger partial charge in [0.1, 0.15) is 0 Å². The molecule has 1 saturated carbocycles. The zero-order chi connectivity index (χ0) is 24.0. The summed E-state index contributed by atoms with van der Waals surface area (Å²) in [4.78, 5) is 22.0. The van der Waals surface area contributed by atoms with Crippen molar-refractivity contribution in [1.29, 1.82) is 0 Å². The molecule has 0 saturated heterocycles. The maximum atomic E-state index is 13.0. The van der Waals surface area contributed by atoms with Crippen LogP contribution in [-0.4, -0.2) is 38.1 Å². The molecule has 1 fully saturated rings. The van der Waals surface area contributed by atoms with Crippen LogP contribution in [0.1, 0.15) is 92.4 Å². The minimum Gasteiger partial charge on any atom is -0.352 e. The quantitative estimate of drug-likeness (QED) is 0.137. The topological polar surface area (TPSA) is 65.8 Å². The Labute approximate surface area is 197 Å². The predicted molar refractivity (Wildman–Crippen MR) is 138 cm³/mol. The molecule has 5 nitrogen and oxygen atoms in total. The zero-order valence-corrected chi connectivity index (χ0v) is 21.4. The number of hydrogen-bond acceptors (Lipinski definition) is 3. The first kappa shape index (κ1) is 27.9. The van der Waals surface area contributed by atoms with Crippen LogP contribution in [0.5, 0.6) is 0 Å². The molecule has 1 aliphatic rings. The van der Waals surface area contributed by atoms with Gasteiger partial charge < -0.3 is 10.6 Å². The summed E-state index contributed by atoms with van der Waals surface area (Å²) in [6, 6.07) is 0. The lowest BCUT2D eigenvalue weighted by Crippen LogP contribution is -2.36. The van der Waals surface area contributed by atoms with Gasteiger partial charge in [0.25, 0.3) is 0 Å². The molecular formula is C27H46N4O. The van der Waals surface area contributed by atoms with E-state index in [0.29, 0.717) is 18.0 Å². The van der Waals surface area contributed by atoms with Gasteiger partial charge in [-0.05, 0) is 32.1 Å². The van der Waals surface area contributed by atoms with E-state index >= 15 is 0 Å². The van der Waals surface area contributed by atoms with Crippen molar-refractivity contribution in [3.63, 3.8) is 0 Å². The summed E-state index contributed by atoms with van der Waals surface area (Å²) in [5, 5.41) is 6.42. The molecule has 0 radical (unpaired) electrons. The van der Waals surface area contributed by atoms with E-state index in [0.717, 1.165) is 30.8 Å². The highest BCUT2D eigenvalue weighted by atomic mass is 16.1. The van der Waals surface area contributed by atoms with Crippen LogP contribution in [0.4, 0.5) is 0 Å². The number of nitrogens with zero attached hydrogens (tertiary/aromatic N) is 2. The van der Waals surface area contributed by atoms with Gasteiger partial charge in [-0.1, -0.05) is 66.2 Å². The smallest absolute Gasteiger partial charge is 0.249 e. The van der Waals surface area contributed by atoms with Gasteiger partial charge >= 0.3 is 0 Å². The number of aliphatic imine (C=N–C) groups is 2. The summed E-state index contributed by atoms with van der Waals surface area (Å²) >= 11 is 0. The minimum absolute atomic E-state index is 0.0436. The molecule has 0 aromatic heterocycles. The second-order valence-corrected chi connectivity index (χ2v) is 10.0. The van der Waals surface area contributed by atoms with Gasteiger partial charge in [-0.2, -0.15) is 0 Å². The molecule has 1 amide bonds. The van der Waals surface area contributed by atoms with Crippen LogP contribution >= 0.6 is 0 Å². The summed E-state index contributed by atoms with van der Waals surface area (Å²) < 4.78 is 0. The molecule has 0 bridgehead atoms. The molecule has 0 aromatic carbocycles. The molecule has 180 valence electrons. The maximum Gasteiger partial charge on any atom is 0.249 e. The van der Waals surface area contributed by atoms with Gasteiger partial charge in [0.15, 0.2) is 0 Å². The van der Waals surface area contributed by atoms with Crippen molar-refractivity contribution >= 4 is 18.0 Å². The van der Waals surface area contributed by atoms with Crippen LogP contribution in [0, 0.1) is 29.6 Å². The summed E-state index contributed by atoms with van der Waals surface area (Å²) in [6.07, 6.45) is 18.1. The van der Waals surface area contributed by atoms with Crippen molar-refractivity contribution in [2.75, 3.05) is 20.1 Å². The van der Waals surface area contributed by atoms with Gasteiger partial charge in [0.2, 0.25) is 5.91 Å². The van der Waals surface area contributed by atoms with Crippen LogP contribution in [0.3, 0.4) is 0 Å². The molecule has 2 N–H and O–H groups in total. The number of rotatable bonds is 12. The van der Waals surface area contributed by atoms with Crippen molar-refractivity contribution in [3.05, 3.63) is 11.3 Å². The molecule has 1 aliphatic carbocycles. The van der Waals surface area contributed by atoms with E-state index in [1.165, 1.54) is 44.9 Å². The van der Waals surface area contributed by atoms with Crippen molar-refractivity contribution in [3.8, 4) is 12.3 Å². The molecule has 0 heterocycles. The fourth-order valence-electron chi connectivity index (χ4n) is 4.21. The van der Waals surface area contributed by atoms with Gasteiger partial charge in [-0.25, -0.2) is 0 Å². The van der Waals surface area contributed by atoms with Crippen LogP contribution < -0.4 is 10.6 Å². The fraction of sp³-hybridized carbons (Fsp3) is 0.741. The monoisotopic (exact) mass is 442 g/mol. The highest BCUT2D eigenvalue weighted by Crippen LogP contribution is 2.24. The highest BCUT2D eigenvalue weighted by Gasteiger charge is 2.25. The van der Waals surface area contributed by atoms with E-state index in [1.54, 1.807) is 13.4 Å². The molecule has 0 aliphatic heterocycles. The second-order valence-electron chi connectivity index (χ2n) is 10.0. The molecule has 0 aromatic rings. The molecule has 0 spiro atoms. The predicted octanol–water partition coefficient (Wildman–Crippen LogP) is 5.52. The number of nitrogens with one attached hydrogen (secondary N) is 2. The van der Waals surface area contributed by atoms with E-state index in [-0.39, 0.29) is 17.2 Å². The summed E-state index contributed by atoms with van der Waals surface area (Å²) in [6.45, 7) is 11.7. The van der Waals surface area contributed by atoms with E-state index in [4.69, 9.17) is 6.42 Å². The third kappa shape index (κ3) is 10.0. The number of allylic oxidation sites excluding steroid dienone is 1. The van der Waals surface area contributed by atoms with E-state index in [9.17, 15) is 4.79 Å². The number of hydrogen-bond donors (Lipinski definition) is 2. The Hall–Kier alpha value is -2.09. The normalized spacial score (nSPS) is 17.6. The largest absolute Gasteiger partial charge is 0.352 e. The maximum absolute atomic E-state index is 13.0. The SMILES string of the molecule is C#CC(CCCCC)CN=CN/C(C(=NC)C(C)(C)C)=C(/C)C(=O)NCC1CCCCC1. The fourth-order valence-corrected chi connectivity index (χ4v) is 4.21. The number of terminal acetylenes is 1.